The molecular weight excluding hydrogens is 316 g/mol. The van der Waals surface area contributed by atoms with Gasteiger partial charge in [-0.3, -0.25) is 14.4 Å². The molecule has 0 spiro atoms. The van der Waals surface area contributed by atoms with E-state index >= 15 is 0 Å². The molecule has 4 heteroatoms. The van der Waals surface area contributed by atoms with Gasteiger partial charge in [0.15, 0.2) is 17.3 Å². The van der Waals surface area contributed by atoms with Crippen molar-refractivity contribution in [3.8, 4) is 0 Å². The van der Waals surface area contributed by atoms with Crippen molar-refractivity contribution < 1.29 is 19.5 Å². The highest BCUT2D eigenvalue weighted by molar-refractivity contribution is 6.10. The molecule has 1 N–H and O–H groups in total. The monoisotopic (exact) mass is 342 g/mol. The summed E-state index contributed by atoms with van der Waals surface area (Å²) in [5.74, 6) is 0.435. The zero-order valence-corrected chi connectivity index (χ0v) is 15.2. The van der Waals surface area contributed by atoms with Crippen molar-refractivity contribution in [3.63, 3.8) is 0 Å². The predicted octanol–water partition coefficient (Wildman–Crippen LogP) is 2.79. The highest BCUT2D eigenvalue weighted by Crippen LogP contribution is 2.66. The van der Waals surface area contributed by atoms with Crippen molar-refractivity contribution in [1.29, 1.82) is 0 Å². The van der Waals surface area contributed by atoms with Gasteiger partial charge < -0.3 is 5.11 Å². The van der Waals surface area contributed by atoms with Crippen molar-refractivity contribution >= 4 is 17.3 Å². The van der Waals surface area contributed by atoms with Crippen molar-refractivity contribution in [2.75, 3.05) is 0 Å². The van der Waals surface area contributed by atoms with Crippen molar-refractivity contribution in [1.82, 2.24) is 0 Å². The Morgan fingerprint density at radius 1 is 1.16 bits per heavy atom. The largest absolute Gasteiger partial charge is 0.382 e. The molecule has 3 fully saturated rings. The lowest BCUT2D eigenvalue weighted by molar-refractivity contribution is -0.159. The average molecular weight is 342 g/mol. The van der Waals surface area contributed by atoms with Gasteiger partial charge in [0.1, 0.15) is 5.60 Å². The van der Waals surface area contributed by atoms with Crippen LogP contribution in [0.1, 0.15) is 52.9 Å². The Morgan fingerprint density at radius 3 is 2.52 bits per heavy atom. The number of hydrogen-bond acceptors (Lipinski definition) is 4. The van der Waals surface area contributed by atoms with Gasteiger partial charge in [-0.15, -0.1) is 0 Å². The molecule has 134 valence electrons. The summed E-state index contributed by atoms with van der Waals surface area (Å²) >= 11 is 0. The Morgan fingerprint density at radius 2 is 1.84 bits per heavy atom. The highest BCUT2D eigenvalue weighted by atomic mass is 16.3. The predicted molar refractivity (Wildman–Crippen MR) is 92.6 cm³/mol. The Labute approximate surface area is 148 Å². The molecule has 0 amide bonds. The fourth-order valence-corrected chi connectivity index (χ4v) is 6.63. The molecule has 0 bridgehead atoms. The third-order valence-electron chi connectivity index (χ3n) is 8.12. The first-order valence-corrected chi connectivity index (χ1v) is 9.35. The minimum atomic E-state index is -1.26. The van der Waals surface area contributed by atoms with E-state index < -0.39 is 16.4 Å². The molecule has 0 radical (unpaired) electrons. The number of ketones is 3. The average Bonchev–Trinajstić information content (AvgIpc) is 2.83. The second-order valence-electron chi connectivity index (χ2n) is 8.99. The number of carbonyl (C=O) groups is 3. The zero-order valence-electron chi connectivity index (χ0n) is 15.2. The number of allylic oxidation sites excluding steroid dienone is 4. The molecule has 0 heterocycles. The van der Waals surface area contributed by atoms with E-state index in [9.17, 15) is 19.5 Å². The number of carbonyl (C=O) groups excluding carboxylic acids is 3. The van der Waals surface area contributed by atoms with E-state index in [4.69, 9.17) is 0 Å². The fraction of sp³-hybridized carbons (Fsp3) is 0.667. The van der Waals surface area contributed by atoms with Crippen LogP contribution in [-0.4, -0.2) is 28.1 Å². The molecule has 0 saturated heterocycles. The lowest BCUT2D eigenvalue weighted by atomic mass is 9.47. The van der Waals surface area contributed by atoms with Crippen molar-refractivity contribution in [3.05, 3.63) is 23.8 Å². The van der Waals surface area contributed by atoms with Crippen LogP contribution in [0.4, 0.5) is 0 Å². The fourth-order valence-electron chi connectivity index (χ4n) is 6.63. The molecule has 0 aromatic heterocycles. The van der Waals surface area contributed by atoms with E-state index in [1.165, 1.54) is 13.0 Å². The zero-order chi connectivity index (χ0) is 18.2. The maximum atomic E-state index is 12.8. The minimum Gasteiger partial charge on any atom is -0.382 e. The topological polar surface area (TPSA) is 71.4 Å². The van der Waals surface area contributed by atoms with E-state index in [0.29, 0.717) is 18.4 Å². The smallest absolute Gasteiger partial charge is 0.178 e. The van der Waals surface area contributed by atoms with Crippen LogP contribution in [0.15, 0.2) is 23.8 Å². The van der Waals surface area contributed by atoms with E-state index in [1.54, 1.807) is 6.08 Å². The number of fused-ring (bicyclic) bond motifs is 5. The van der Waals surface area contributed by atoms with Crippen LogP contribution in [0.2, 0.25) is 0 Å². The van der Waals surface area contributed by atoms with Crippen LogP contribution in [0.5, 0.6) is 0 Å². The molecule has 0 unspecified atom stereocenters. The van der Waals surface area contributed by atoms with Crippen LogP contribution >= 0.6 is 0 Å². The molecule has 4 aliphatic carbocycles. The summed E-state index contributed by atoms with van der Waals surface area (Å²) in [6, 6.07) is 0. The number of Topliss-reactive ketones (excluding diaryl/α,β-unsaturated/α-hetero) is 2. The minimum absolute atomic E-state index is 0.0592. The lowest BCUT2D eigenvalue weighted by Gasteiger charge is -2.57. The summed E-state index contributed by atoms with van der Waals surface area (Å²) in [7, 11) is 0. The Kier molecular flexibility index (Phi) is 3.38. The van der Waals surface area contributed by atoms with Gasteiger partial charge in [-0.2, -0.15) is 0 Å². The summed E-state index contributed by atoms with van der Waals surface area (Å²) in [5.41, 5.74) is -1.45. The summed E-state index contributed by atoms with van der Waals surface area (Å²) in [6.45, 7) is 5.61. The third kappa shape index (κ3) is 1.95. The van der Waals surface area contributed by atoms with Gasteiger partial charge in [0, 0.05) is 22.8 Å². The Hall–Kier alpha value is -1.55. The first-order valence-electron chi connectivity index (χ1n) is 9.35. The lowest BCUT2D eigenvalue weighted by Crippen LogP contribution is -2.57. The first-order chi connectivity index (χ1) is 11.6. The second kappa shape index (κ2) is 5.00. The maximum absolute atomic E-state index is 12.8. The Bertz CT molecular complexity index is 747. The normalized spacial score (nSPS) is 48.5. The SMILES string of the molecule is CC(=O)[C@@]1(O)CC[C@H]2[C@@H]3CC(=O)C4=CC(=O)C=C[C@]4(C)[C@H]3CC[C@@]21C. The highest BCUT2D eigenvalue weighted by Gasteiger charge is 2.66. The first kappa shape index (κ1) is 16.9. The Balaban J connectivity index is 1.76. The third-order valence-corrected chi connectivity index (χ3v) is 8.12. The molecule has 3 saturated carbocycles. The quantitative estimate of drug-likeness (QED) is 0.795. The van der Waals surface area contributed by atoms with Crippen LogP contribution < -0.4 is 0 Å². The molecular formula is C21H26O4. The number of rotatable bonds is 1. The van der Waals surface area contributed by atoms with Gasteiger partial charge in [-0.05, 0) is 62.5 Å². The number of hydrogen-bond donors (Lipinski definition) is 1. The molecule has 4 rings (SSSR count). The van der Waals surface area contributed by atoms with Gasteiger partial charge in [0.05, 0.1) is 0 Å². The van der Waals surface area contributed by atoms with Crippen molar-refractivity contribution in [2.45, 2.75) is 58.5 Å². The van der Waals surface area contributed by atoms with E-state index in [1.807, 2.05) is 13.0 Å². The summed E-state index contributed by atoms with van der Waals surface area (Å²) in [6.07, 6.45) is 8.41. The van der Waals surface area contributed by atoms with Crippen LogP contribution in [-0.2, 0) is 14.4 Å². The second-order valence-corrected chi connectivity index (χ2v) is 8.99. The van der Waals surface area contributed by atoms with Gasteiger partial charge in [0.25, 0.3) is 0 Å². The summed E-state index contributed by atoms with van der Waals surface area (Å²) in [4.78, 5) is 36.8. The molecule has 0 aromatic rings. The van der Waals surface area contributed by atoms with Crippen LogP contribution in [0.25, 0.3) is 0 Å². The molecule has 6 atom stereocenters. The van der Waals surface area contributed by atoms with Gasteiger partial charge in [-0.1, -0.05) is 19.9 Å². The van der Waals surface area contributed by atoms with Gasteiger partial charge in [0.2, 0.25) is 0 Å². The molecule has 0 aliphatic heterocycles. The standard InChI is InChI=1S/C21H26O4/c1-12(22)21(25)9-6-16-14-11-18(24)17-10-13(23)4-7-19(17,2)15(14)5-8-20(16,21)3/h4,7,10,14-16,25H,5-6,8-9,11H2,1-3H3/t14-,15+,16+,19-,20+,21+/m1/s1. The summed E-state index contributed by atoms with van der Waals surface area (Å²) < 4.78 is 0. The van der Waals surface area contributed by atoms with E-state index in [2.05, 4.69) is 6.92 Å². The maximum Gasteiger partial charge on any atom is 0.178 e. The van der Waals surface area contributed by atoms with Gasteiger partial charge >= 0.3 is 0 Å². The van der Waals surface area contributed by atoms with E-state index in [0.717, 1.165) is 19.3 Å². The van der Waals surface area contributed by atoms with Gasteiger partial charge in [-0.25, -0.2) is 0 Å². The number of aliphatic hydroxyl groups is 1. The van der Waals surface area contributed by atoms with Crippen molar-refractivity contribution in [2.24, 2.45) is 28.6 Å². The molecule has 4 nitrogen and oxygen atoms in total. The van der Waals surface area contributed by atoms with E-state index in [-0.39, 0.29) is 35.1 Å². The molecule has 25 heavy (non-hydrogen) atoms. The van der Waals surface area contributed by atoms with Crippen LogP contribution in [0, 0.1) is 28.6 Å². The van der Waals surface area contributed by atoms with Crippen LogP contribution in [0.3, 0.4) is 0 Å². The summed E-state index contributed by atoms with van der Waals surface area (Å²) in [5, 5.41) is 11.1. The molecule has 4 aliphatic rings. The molecule has 0 aromatic carbocycles.